The molecule has 1 aliphatic heterocycles. The minimum absolute atomic E-state index is 0.127. The monoisotopic (exact) mass is 571 g/mol. The number of hydrogen-bond acceptors (Lipinski definition) is 5. The molecule has 3 aromatic carbocycles. The van der Waals surface area contributed by atoms with Crippen LogP contribution in [0.2, 0.25) is 0 Å². The van der Waals surface area contributed by atoms with Crippen LogP contribution in [0.1, 0.15) is 17.2 Å². The number of para-hydroxylation sites is 1. The molecule has 1 aromatic heterocycles. The summed E-state index contributed by atoms with van der Waals surface area (Å²) in [6.07, 6.45) is 7.48. The second kappa shape index (κ2) is 13.1. The molecule has 0 N–H and O–H groups in total. The molecule has 0 unspecified atom stereocenters. The molecule has 2 heterocycles. The van der Waals surface area contributed by atoms with Crippen LogP contribution in [0.3, 0.4) is 0 Å². The Hall–Kier alpha value is -4.07. The van der Waals surface area contributed by atoms with Crippen molar-refractivity contribution in [2.45, 2.75) is 6.04 Å². The molecule has 0 atom stereocenters. The topological polar surface area (TPSA) is 35.5 Å². The van der Waals surface area contributed by atoms with Gasteiger partial charge in [0.1, 0.15) is 17.5 Å². The highest BCUT2D eigenvalue weighted by Crippen LogP contribution is 2.32. The fourth-order valence-corrected chi connectivity index (χ4v) is 5.37. The number of nitrogens with zero attached hydrogens (tertiary/aromatic N) is 5. The standard InChI is InChI=1S/C33H32ClF2N5/c1-3-4-7-28(18-19-34)39(2)32-29-8-5-6-9-30(29)37-33(38-32)41-22-20-40(21-23-41)31(24-10-14-26(35)15-11-24)25-12-16-27(36)17-13-25/h3-18,31H,1,19-23H2,2H3/b7-4-,28-18+. The highest BCUT2D eigenvalue weighted by molar-refractivity contribution is 6.19. The first-order chi connectivity index (χ1) is 20.0. The maximum atomic E-state index is 13.7. The molecule has 0 radical (unpaired) electrons. The van der Waals surface area contributed by atoms with Crippen molar-refractivity contribution in [2.24, 2.45) is 0 Å². The normalized spacial score (nSPS) is 14.8. The van der Waals surface area contributed by atoms with Crippen LogP contribution in [0.15, 0.2) is 109 Å². The van der Waals surface area contributed by atoms with Crippen LogP contribution < -0.4 is 9.80 Å². The number of halogens is 3. The summed E-state index contributed by atoms with van der Waals surface area (Å²) in [6, 6.07) is 21.0. The smallest absolute Gasteiger partial charge is 0.227 e. The molecule has 41 heavy (non-hydrogen) atoms. The number of fused-ring (bicyclic) bond motifs is 1. The van der Waals surface area contributed by atoms with Gasteiger partial charge in [0.25, 0.3) is 0 Å². The van der Waals surface area contributed by atoms with Gasteiger partial charge >= 0.3 is 0 Å². The van der Waals surface area contributed by atoms with E-state index in [2.05, 4.69) is 16.4 Å². The Labute approximate surface area is 244 Å². The summed E-state index contributed by atoms with van der Waals surface area (Å²) >= 11 is 6.08. The predicted molar refractivity (Wildman–Crippen MR) is 165 cm³/mol. The minimum atomic E-state index is -0.283. The van der Waals surface area contributed by atoms with Gasteiger partial charge in [-0.05, 0) is 59.7 Å². The zero-order valence-electron chi connectivity index (χ0n) is 22.9. The number of benzene rings is 3. The molecular formula is C33H32ClF2N5. The Balaban J connectivity index is 1.44. The lowest BCUT2D eigenvalue weighted by Crippen LogP contribution is -2.48. The number of aromatic nitrogens is 2. The maximum Gasteiger partial charge on any atom is 0.227 e. The van der Waals surface area contributed by atoms with E-state index in [4.69, 9.17) is 21.6 Å². The number of hydrogen-bond donors (Lipinski definition) is 0. The van der Waals surface area contributed by atoms with E-state index in [0.29, 0.717) is 24.9 Å². The van der Waals surface area contributed by atoms with Gasteiger partial charge in [0.15, 0.2) is 0 Å². The summed E-state index contributed by atoms with van der Waals surface area (Å²) in [7, 11) is 1.97. The zero-order chi connectivity index (χ0) is 28.8. The molecule has 4 aromatic rings. The molecule has 5 rings (SSSR count). The molecular weight excluding hydrogens is 540 g/mol. The summed E-state index contributed by atoms with van der Waals surface area (Å²) in [5, 5.41) is 0.942. The van der Waals surface area contributed by atoms with Crippen LogP contribution >= 0.6 is 11.6 Å². The lowest BCUT2D eigenvalue weighted by molar-refractivity contribution is 0.211. The average molecular weight is 572 g/mol. The molecule has 1 saturated heterocycles. The summed E-state index contributed by atoms with van der Waals surface area (Å²) in [5.74, 6) is 1.24. The summed E-state index contributed by atoms with van der Waals surface area (Å²) < 4.78 is 27.5. The van der Waals surface area contributed by atoms with Crippen molar-refractivity contribution in [3.8, 4) is 0 Å². The van der Waals surface area contributed by atoms with Crippen LogP contribution in [0.4, 0.5) is 20.5 Å². The largest absolute Gasteiger partial charge is 0.338 e. The van der Waals surface area contributed by atoms with Crippen LogP contribution in [0, 0.1) is 11.6 Å². The van der Waals surface area contributed by atoms with Gasteiger partial charge < -0.3 is 9.80 Å². The summed E-state index contributed by atoms with van der Waals surface area (Å²) in [5.41, 5.74) is 3.68. The third kappa shape index (κ3) is 6.47. The third-order valence-electron chi connectivity index (χ3n) is 7.30. The number of likely N-dealkylation sites (N-methyl/N-ethyl adjacent to an activating group) is 1. The van der Waals surface area contributed by atoms with E-state index in [1.54, 1.807) is 30.3 Å². The second-order valence-corrected chi connectivity index (χ2v) is 10.1. The molecule has 0 aliphatic carbocycles. The molecule has 0 bridgehead atoms. The first-order valence-electron chi connectivity index (χ1n) is 13.5. The van der Waals surface area contributed by atoms with E-state index in [9.17, 15) is 8.78 Å². The van der Waals surface area contributed by atoms with Gasteiger partial charge in [0.2, 0.25) is 5.95 Å². The van der Waals surface area contributed by atoms with Crippen molar-refractivity contribution in [3.63, 3.8) is 0 Å². The zero-order valence-corrected chi connectivity index (χ0v) is 23.7. The van der Waals surface area contributed by atoms with E-state index >= 15 is 0 Å². The fourth-order valence-electron chi connectivity index (χ4n) is 5.21. The van der Waals surface area contributed by atoms with E-state index in [0.717, 1.165) is 46.6 Å². The number of allylic oxidation sites excluding steroid dienone is 4. The van der Waals surface area contributed by atoms with Gasteiger partial charge in [0.05, 0.1) is 11.6 Å². The first-order valence-corrected chi connectivity index (χ1v) is 14.1. The molecule has 0 saturated carbocycles. The van der Waals surface area contributed by atoms with E-state index in [1.807, 2.05) is 54.4 Å². The second-order valence-electron chi connectivity index (χ2n) is 9.83. The van der Waals surface area contributed by atoms with Crippen molar-refractivity contribution in [1.82, 2.24) is 14.9 Å². The SMILES string of the molecule is C=C/C=C\C(=C/CCl)N(C)c1nc(N2CCN(C(c3ccc(F)cc3)c3ccc(F)cc3)CC2)nc2ccccc12. The fraction of sp³-hybridized carbons (Fsp3) is 0.212. The lowest BCUT2D eigenvalue weighted by Gasteiger charge is -2.40. The molecule has 0 amide bonds. The van der Waals surface area contributed by atoms with Gasteiger partial charge in [-0.15, -0.1) is 11.6 Å². The molecule has 5 nitrogen and oxygen atoms in total. The highest BCUT2D eigenvalue weighted by Gasteiger charge is 2.28. The van der Waals surface area contributed by atoms with Crippen LogP contribution in [-0.2, 0) is 0 Å². The van der Waals surface area contributed by atoms with Crippen LogP contribution in [0.25, 0.3) is 10.9 Å². The molecule has 210 valence electrons. The average Bonchev–Trinajstić information content (AvgIpc) is 3.00. The van der Waals surface area contributed by atoms with Crippen molar-refractivity contribution >= 4 is 34.3 Å². The van der Waals surface area contributed by atoms with Crippen molar-refractivity contribution in [3.05, 3.63) is 132 Å². The van der Waals surface area contributed by atoms with Crippen molar-refractivity contribution in [1.29, 1.82) is 0 Å². The Morgan fingerprint density at radius 1 is 0.927 bits per heavy atom. The Bertz CT molecular complexity index is 1500. The lowest BCUT2D eigenvalue weighted by atomic mass is 9.96. The van der Waals surface area contributed by atoms with E-state index in [1.165, 1.54) is 24.3 Å². The van der Waals surface area contributed by atoms with Crippen molar-refractivity contribution < 1.29 is 8.78 Å². The van der Waals surface area contributed by atoms with E-state index in [-0.39, 0.29) is 17.7 Å². The van der Waals surface area contributed by atoms with Gasteiger partial charge in [-0.3, -0.25) is 4.90 Å². The molecule has 0 spiro atoms. The number of rotatable bonds is 9. The number of anilines is 2. The van der Waals surface area contributed by atoms with Crippen LogP contribution in [0.5, 0.6) is 0 Å². The molecule has 8 heteroatoms. The minimum Gasteiger partial charge on any atom is -0.338 e. The van der Waals surface area contributed by atoms with E-state index < -0.39 is 0 Å². The van der Waals surface area contributed by atoms with Crippen LogP contribution in [-0.4, -0.2) is 54.0 Å². The highest BCUT2D eigenvalue weighted by atomic mass is 35.5. The third-order valence-corrected chi connectivity index (χ3v) is 7.45. The Morgan fingerprint density at radius 3 is 2.12 bits per heavy atom. The molecule has 1 aliphatic rings. The van der Waals surface area contributed by atoms with Gasteiger partial charge in [-0.2, -0.15) is 4.98 Å². The Kier molecular flexibility index (Phi) is 9.07. The molecule has 1 fully saturated rings. The number of alkyl halides is 1. The van der Waals surface area contributed by atoms with Gasteiger partial charge in [0, 0.05) is 50.2 Å². The maximum absolute atomic E-state index is 13.7. The van der Waals surface area contributed by atoms with Gasteiger partial charge in [-0.1, -0.05) is 55.1 Å². The first kappa shape index (κ1) is 28.5. The van der Waals surface area contributed by atoms with Gasteiger partial charge in [-0.25, -0.2) is 13.8 Å². The summed E-state index contributed by atoms with van der Waals surface area (Å²) in [6.45, 7) is 6.62. The predicted octanol–water partition coefficient (Wildman–Crippen LogP) is 7.12. The Morgan fingerprint density at radius 2 is 1.54 bits per heavy atom. The summed E-state index contributed by atoms with van der Waals surface area (Å²) in [4.78, 5) is 16.5. The van der Waals surface area contributed by atoms with Crippen molar-refractivity contribution in [2.75, 3.05) is 48.9 Å². The quantitative estimate of drug-likeness (QED) is 0.158. The number of piperazine rings is 1.